The van der Waals surface area contributed by atoms with Crippen LogP contribution >= 0.6 is 11.8 Å². The molecule has 1 aliphatic heterocycles. The lowest BCUT2D eigenvalue weighted by molar-refractivity contribution is 0.0551. The third-order valence-corrected chi connectivity index (χ3v) is 5.55. The van der Waals surface area contributed by atoms with E-state index in [0.717, 1.165) is 38.4 Å². The Morgan fingerprint density at radius 3 is 2.54 bits per heavy atom. The van der Waals surface area contributed by atoms with E-state index in [0.29, 0.717) is 11.8 Å². The highest BCUT2D eigenvalue weighted by Gasteiger charge is 2.25. The van der Waals surface area contributed by atoms with Gasteiger partial charge < -0.3 is 9.32 Å². The molecule has 0 N–H and O–H groups in total. The minimum absolute atomic E-state index is 0.00642. The molecule has 4 nitrogen and oxygen atoms in total. The van der Waals surface area contributed by atoms with Crippen LogP contribution in [0.3, 0.4) is 0 Å². The molecule has 1 fully saturated rings. The number of carbonyl (C=O) groups excluding carboxylic acids is 1. The van der Waals surface area contributed by atoms with Crippen LogP contribution in [0.15, 0.2) is 58.0 Å². The highest BCUT2D eigenvalue weighted by Crippen LogP contribution is 2.20. The second-order valence-electron chi connectivity index (χ2n) is 6.10. The molecule has 2 aromatic rings. The first-order valence-electron chi connectivity index (χ1n) is 8.49. The third-order valence-electron chi connectivity index (χ3n) is 4.50. The average Bonchev–Trinajstić information content (AvgIpc) is 3.17. The maximum atomic E-state index is 12.3. The fourth-order valence-electron chi connectivity index (χ4n) is 2.97. The highest BCUT2D eigenvalue weighted by molar-refractivity contribution is 7.99. The van der Waals surface area contributed by atoms with E-state index in [1.807, 2.05) is 16.7 Å². The molecule has 5 heteroatoms. The van der Waals surface area contributed by atoms with E-state index in [-0.39, 0.29) is 5.91 Å². The Morgan fingerprint density at radius 2 is 1.88 bits per heavy atom. The Morgan fingerprint density at radius 1 is 1.12 bits per heavy atom. The number of hydrogen-bond donors (Lipinski definition) is 0. The monoisotopic (exact) mass is 344 g/mol. The zero-order chi connectivity index (χ0) is 16.8. The van der Waals surface area contributed by atoms with Gasteiger partial charge in [-0.15, -0.1) is 11.8 Å². The average molecular weight is 344 g/mol. The number of nitrogens with zero attached hydrogens (tertiary/aromatic N) is 2. The molecule has 1 saturated heterocycles. The van der Waals surface area contributed by atoms with Crippen LogP contribution in [0.2, 0.25) is 0 Å². The smallest absolute Gasteiger partial charge is 0.289 e. The number of thioether (sulfide) groups is 1. The summed E-state index contributed by atoms with van der Waals surface area (Å²) in [7, 11) is 0. The van der Waals surface area contributed by atoms with Gasteiger partial charge in [0, 0.05) is 37.1 Å². The molecule has 2 heterocycles. The summed E-state index contributed by atoms with van der Waals surface area (Å²) in [5.74, 6) is 1.57. The van der Waals surface area contributed by atoms with Gasteiger partial charge in [-0.2, -0.15) is 0 Å². The highest BCUT2D eigenvalue weighted by atomic mass is 32.2. The summed E-state index contributed by atoms with van der Waals surface area (Å²) in [6, 6.07) is 14.6. The van der Waals surface area contributed by atoms with Crippen LogP contribution in [0.1, 0.15) is 23.9 Å². The second kappa shape index (κ2) is 8.40. The summed E-state index contributed by atoms with van der Waals surface area (Å²) < 4.78 is 5.21. The minimum atomic E-state index is 0.00642. The van der Waals surface area contributed by atoms with Crippen LogP contribution < -0.4 is 0 Å². The Balaban J connectivity index is 1.40. The zero-order valence-electron chi connectivity index (χ0n) is 14.1. The van der Waals surface area contributed by atoms with Gasteiger partial charge in [-0.05, 0) is 43.4 Å². The van der Waals surface area contributed by atoms with Crippen LogP contribution in [0.5, 0.6) is 0 Å². The number of amides is 1. The maximum absolute atomic E-state index is 12.3. The van der Waals surface area contributed by atoms with Crippen molar-refractivity contribution in [3.05, 3.63) is 54.5 Å². The van der Waals surface area contributed by atoms with Gasteiger partial charge in [0.15, 0.2) is 5.76 Å². The van der Waals surface area contributed by atoms with E-state index in [1.165, 1.54) is 4.90 Å². The summed E-state index contributed by atoms with van der Waals surface area (Å²) in [6.07, 6.45) is 2.71. The van der Waals surface area contributed by atoms with Gasteiger partial charge in [0.1, 0.15) is 0 Å². The Bertz CT molecular complexity index is 622. The number of rotatable bonds is 6. The summed E-state index contributed by atoms with van der Waals surface area (Å²) in [4.78, 5) is 18.0. The van der Waals surface area contributed by atoms with E-state index < -0.39 is 0 Å². The molecule has 0 radical (unpaired) electrons. The van der Waals surface area contributed by atoms with E-state index in [9.17, 15) is 4.79 Å². The van der Waals surface area contributed by atoms with Crippen molar-refractivity contribution in [3.63, 3.8) is 0 Å². The number of furan rings is 1. The first-order chi connectivity index (χ1) is 11.7. The third kappa shape index (κ3) is 4.42. The van der Waals surface area contributed by atoms with E-state index in [1.54, 1.807) is 18.4 Å². The van der Waals surface area contributed by atoms with Crippen LogP contribution in [0.25, 0.3) is 0 Å². The first kappa shape index (κ1) is 17.1. The molecule has 0 saturated carbocycles. The van der Waals surface area contributed by atoms with Crippen LogP contribution in [0, 0.1) is 0 Å². The van der Waals surface area contributed by atoms with Gasteiger partial charge in [-0.25, -0.2) is 0 Å². The van der Waals surface area contributed by atoms with Gasteiger partial charge in [0.25, 0.3) is 5.91 Å². The van der Waals surface area contributed by atoms with Gasteiger partial charge in [-0.1, -0.05) is 18.2 Å². The molecule has 1 amide bonds. The zero-order valence-corrected chi connectivity index (χ0v) is 14.9. The second-order valence-corrected chi connectivity index (χ2v) is 7.27. The van der Waals surface area contributed by atoms with Gasteiger partial charge >= 0.3 is 0 Å². The van der Waals surface area contributed by atoms with Crippen molar-refractivity contribution in [1.82, 2.24) is 9.80 Å². The van der Waals surface area contributed by atoms with Crippen molar-refractivity contribution in [2.45, 2.75) is 24.3 Å². The molecule has 3 rings (SSSR count). The Kier molecular flexibility index (Phi) is 5.99. The SMILES string of the molecule is CC(CCSc1ccccc1)N1CCN(C(=O)c2ccco2)CC1. The molecular weight excluding hydrogens is 320 g/mol. The molecule has 0 aliphatic carbocycles. The number of carbonyl (C=O) groups is 1. The predicted octanol–water partition coefficient (Wildman–Crippen LogP) is 3.61. The van der Waals surface area contributed by atoms with Crippen molar-refractivity contribution in [3.8, 4) is 0 Å². The number of benzene rings is 1. The molecule has 1 aromatic carbocycles. The van der Waals surface area contributed by atoms with Gasteiger partial charge in [0.2, 0.25) is 0 Å². The molecular formula is C19H24N2O2S. The standard InChI is InChI=1S/C19H24N2O2S/c1-16(9-15-24-17-6-3-2-4-7-17)20-10-12-21(13-11-20)19(22)18-8-5-14-23-18/h2-8,14,16H,9-13,15H2,1H3. The van der Waals surface area contributed by atoms with Crippen LogP contribution in [-0.4, -0.2) is 53.7 Å². The predicted molar refractivity (Wildman–Crippen MR) is 97.4 cm³/mol. The van der Waals surface area contributed by atoms with Crippen molar-refractivity contribution >= 4 is 17.7 Å². The lowest BCUT2D eigenvalue weighted by Crippen LogP contribution is -2.51. The Hall–Kier alpha value is -1.72. The minimum Gasteiger partial charge on any atom is -0.459 e. The van der Waals surface area contributed by atoms with E-state index >= 15 is 0 Å². The van der Waals surface area contributed by atoms with Crippen molar-refractivity contribution in [2.75, 3.05) is 31.9 Å². The summed E-state index contributed by atoms with van der Waals surface area (Å²) in [6.45, 7) is 5.70. The maximum Gasteiger partial charge on any atom is 0.289 e. The van der Waals surface area contributed by atoms with Crippen molar-refractivity contribution in [1.29, 1.82) is 0 Å². The van der Waals surface area contributed by atoms with Gasteiger partial charge in [-0.3, -0.25) is 9.69 Å². The first-order valence-corrected chi connectivity index (χ1v) is 9.47. The molecule has 1 atom stereocenters. The molecule has 24 heavy (non-hydrogen) atoms. The molecule has 128 valence electrons. The number of piperazine rings is 1. The Labute approximate surface area is 147 Å². The van der Waals surface area contributed by atoms with Crippen molar-refractivity contribution < 1.29 is 9.21 Å². The fourth-order valence-corrected chi connectivity index (χ4v) is 4.01. The lowest BCUT2D eigenvalue weighted by Gasteiger charge is -2.37. The fraction of sp³-hybridized carbons (Fsp3) is 0.421. The molecule has 0 spiro atoms. The van der Waals surface area contributed by atoms with Gasteiger partial charge in [0.05, 0.1) is 6.26 Å². The van der Waals surface area contributed by atoms with E-state index in [4.69, 9.17) is 4.42 Å². The molecule has 1 unspecified atom stereocenters. The number of hydrogen-bond acceptors (Lipinski definition) is 4. The lowest BCUT2D eigenvalue weighted by atomic mass is 10.2. The van der Waals surface area contributed by atoms with Crippen molar-refractivity contribution in [2.24, 2.45) is 0 Å². The molecule has 1 aromatic heterocycles. The van der Waals surface area contributed by atoms with Crippen LogP contribution in [0.4, 0.5) is 0 Å². The summed E-state index contributed by atoms with van der Waals surface area (Å²) in [5, 5.41) is 0. The van der Waals surface area contributed by atoms with Crippen LogP contribution in [-0.2, 0) is 0 Å². The molecule has 1 aliphatic rings. The molecule has 0 bridgehead atoms. The summed E-state index contributed by atoms with van der Waals surface area (Å²) in [5.41, 5.74) is 0. The summed E-state index contributed by atoms with van der Waals surface area (Å²) >= 11 is 1.91. The van der Waals surface area contributed by atoms with E-state index in [2.05, 4.69) is 42.2 Å². The topological polar surface area (TPSA) is 36.7 Å². The largest absolute Gasteiger partial charge is 0.459 e. The normalized spacial score (nSPS) is 17.0. The quantitative estimate of drug-likeness (QED) is 0.750.